The van der Waals surface area contributed by atoms with Crippen molar-refractivity contribution in [1.82, 2.24) is 59.8 Å². The summed E-state index contributed by atoms with van der Waals surface area (Å²) in [7, 11) is 9.78. The maximum Gasteiger partial charge on any atom is 0.337 e. The molecule has 30 nitrogen and oxygen atoms in total. The first-order valence-electron chi connectivity index (χ1n) is 40.4. The smallest absolute Gasteiger partial charge is 0.337 e. The van der Waals surface area contributed by atoms with Crippen LogP contribution < -0.4 is 9.47 Å². The summed E-state index contributed by atoms with van der Waals surface area (Å²) >= 11 is 0.971. The number of para-hydroxylation sites is 1. The van der Waals surface area contributed by atoms with Crippen LogP contribution in [0.4, 0.5) is 5.69 Å². The molecule has 0 aliphatic rings. The zero-order valence-electron chi connectivity index (χ0n) is 72.0. The number of esters is 4. The minimum atomic E-state index is -0.428. The first-order valence-corrected chi connectivity index (χ1v) is 41.2. The number of aliphatic imine (C=N–C) groups is 1. The van der Waals surface area contributed by atoms with E-state index in [1.807, 2.05) is 152 Å². The molecule has 0 saturated heterocycles. The lowest BCUT2D eigenvalue weighted by Crippen LogP contribution is -2.02. The van der Waals surface area contributed by atoms with Crippen molar-refractivity contribution in [2.45, 2.75) is 4.90 Å². The van der Waals surface area contributed by atoms with Crippen LogP contribution in [0.25, 0.3) is 137 Å². The Hall–Kier alpha value is -17.7. The van der Waals surface area contributed by atoms with Gasteiger partial charge in [-0.05, 0) is 127 Å². The van der Waals surface area contributed by atoms with Gasteiger partial charge in [0.2, 0.25) is 0 Å². The van der Waals surface area contributed by atoms with Gasteiger partial charge in [0, 0.05) is 55.5 Å². The van der Waals surface area contributed by atoms with E-state index in [1.54, 1.807) is 159 Å². The number of ether oxygens (including phenoxy) is 7. The molecular formula is C102H79N13O17S. The maximum absolute atomic E-state index is 11.8. The van der Waals surface area contributed by atoms with Gasteiger partial charge >= 0.3 is 23.9 Å². The molecule has 4 N–H and O–H groups in total. The highest BCUT2D eigenvalue weighted by Crippen LogP contribution is 2.40. The fourth-order valence-corrected chi connectivity index (χ4v) is 13.2. The monoisotopic (exact) mass is 1790 g/mol. The predicted molar refractivity (Wildman–Crippen MR) is 499 cm³/mol. The van der Waals surface area contributed by atoms with Crippen molar-refractivity contribution in [3.8, 4) is 177 Å². The topological polar surface area (TPSA) is 399 Å². The zero-order chi connectivity index (χ0) is 93.1. The summed E-state index contributed by atoms with van der Waals surface area (Å²) < 4.78 is 39.9. The SMILES string of the molecule is COC(=O)c1ccc(-c2nc(-c3ccccc3)nc(-c3cc(OC)ccc3O)n2)cc1.COC(=O)c1ccc(-c2nc(-c3ccccc3)nc(-c3cc(Oc4ccccc4)ccc3O)n2)cc1.COC=Nc1ccc(-c2nc(-c3ccccc3)nc(-c3ccc(C(=O)OC)cc3)n2)c(O)c1.COOSc1ccc(-c2nc(-c3ccccc3)nc(-c3ccc(C(=O)OC)cc3)n2)c(O)c1. The molecule has 31 heteroatoms. The summed E-state index contributed by atoms with van der Waals surface area (Å²) in [4.78, 5) is 112. The third kappa shape index (κ3) is 23.4. The summed E-state index contributed by atoms with van der Waals surface area (Å²) in [6.07, 6.45) is 1.28. The number of methoxy groups -OCH3 is 6. The number of carbonyl (C=O) groups excluding carboxylic acids is 4. The van der Waals surface area contributed by atoms with Crippen molar-refractivity contribution in [2.24, 2.45) is 4.99 Å². The van der Waals surface area contributed by atoms with Crippen molar-refractivity contribution in [1.29, 1.82) is 0 Å². The number of phenols is 4. The molecule has 0 fully saturated rings. The van der Waals surface area contributed by atoms with Crippen LogP contribution in [0.3, 0.4) is 0 Å². The minimum absolute atomic E-state index is 0.00705. The lowest BCUT2D eigenvalue weighted by Gasteiger charge is -2.11. The molecule has 660 valence electrons. The molecule has 13 aromatic carbocycles. The quantitative estimate of drug-likeness (QED) is 0.00830. The number of benzene rings is 13. The fourth-order valence-electron chi connectivity index (χ4n) is 12.8. The molecule has 133 heavy (non-hydrogen) atoms. The van der Waals surface area contributed by atoms with Crippen molar-refractivity contribution < 1.29 is 82.0 Å². The van der Waals surface area contributed by atoms with Crippen LogP contribution in [-0.4, -0.2) is 160 Å². The van der Waals surface area contributed by atoms with Gasteiger partial charge in [0.1, 0.15) is 40.2 Å². The van der Waals surface area contributed by atoms with Crippen LogP contribution >= 0.6 is 12.0 Å². The molecule has 0 bridgehead atoms. The molecule has 17 rings (SSSR count). The Morgan fingerprint density at radius 2 is 0.556 bits per heavy atom. The summed E-state index contributed by atoms with van der Waals surface area (Å²) in [5.74, 6) is 4.64. The second-order valence-corrected chi connectivity index (χ2v) is 28.9. The fraction of sp³-hybridized carbons (Fsp3) is 0.0686. The summed E-state index contributed by atoms with van der Waals surface area (Å²) in [6, 6.07) is 94.1. The largest absolute Gasteiger partial charge is 0.507 e. The van der Waals surface area contributed by atoms with E-state index < -0.39 is 23.9 Å². The van der Waals surface area contributed by atoms with E-state index in [4.69, 9.17) is 37.5 Å². The van der Waals surface area contributed by atoms with Gasteiger partial charge < -0.3 is 53.6 Å². The Bertz CT molecular complexity index is 6970. The Morgan fingerprint density at radius 3 is 0.857 bits per heavy atom. The normalized spacial score (nSPS) is 10.7. The summed E-state index contributed by atoms with van der Waals surface area (Å²) in [5, 5.41) is 42.4. The van der Waals surface area contributed by atoms with Gasteiger partial charge in [-0.1, -0.05) is 188 Å². The molecular weight excluding hydrogens is 1710 g/mol. The number of carbonyl (C=O) groups is 4. The molecule has 0 amide bonds. The van der Waals surface area contributed by atoms with Gasteiger partial charge in [-0.2, -0.15) is 4.33 Å². The Labute approximate surface area is 765 Å². The van der Waals surface area contributed by atoms with Gasteiger partial charge in [-0.25, -0.2) is 88.9 Å². The maximum atomic E-state index is 11.8. The third-order valence-electron chi connectivity index (χ3n) is 19.5. The standard InChI is InChI=1S/C29H21N3O4.C25H20N4O4.C24H19N3O5S.C24H19N3O4/c1-35-29(34)21-14-12-20(13-15-21)27-30-26(19-8-4-2-5-9-19)31-28(32-27)24-18-23(16-17-25(24)33)36-22-10-6-3-7-11-22;1-32-15-26-19-12-13-20(21(30)14-19)24-28-22(16-6-4-3-5-7-16)27-23(29-24)17-8-10-18(11-9-17)25(31)33-2;1-30-24(29)17-10-8-16(9-11-17)22-25-21(15-6-4-3-5-7-15)26-23(27-22)19-13-12-18(14-20(19)28)33-32-31-2;1-30-18-12-13-20(28)19(14-18)23-26-21(15-6-4-3-5-7-15)25-22(27-23)16-8-10-17(11-9-16)24(29)31-2/h2-18,33H,1H3;3-15,30H,1-2H3;3-14,28H,1-2H3;3-14,28H,1-2H3. The van der Waals surface area contributed by atoms with E-state index >= 15 is 0 Å². The van der Waals surface area contributed by atoms with E-state index in [1.165, 1.54) is 67.3 Å². The van der Waals surface area contributed by atoms with E-state index in [-0.39, 0.29) is 28.8 Å². The van der Waals surface area contributed by atoms with Crippen molar-refractivity contribution in [3.63, 3.8) is 0 Å². The minimum Gasteiger partial charge on any atom is -0.507 e. The van der Waals surface area contributed by atoms with Crippen molar-refractivity contribution >= 4 is 48.0 Å². The molecule has 0 aliphatic heterocycles. The van der Waals surface area contributed by atoms with Gasteiger partial charge in [-0.15, -0.1) is 0 Å². The van der Waals surface area contributed by atoms with Gasteiger partial charge in [0.15, 0.2) is 76.3 Å². The van der Waals surface area contributed by atoms with Gasteiger partial charge in [-0.3, -0.25) is 0 Å². The summed E-state index contributed by atoms with van der Waals surface area (Å²) in [6.45, 7) is 0. The molecule has 0 radical (unpaired) electrons. The summed E-state index contributed by atoms with van der Waals surface area (Å²) in [5.41, 5.74) is 9.83. The third-order valence-corrected chi connectivity index (χ3v) is 20.1. The Kier molecular flexibility index (Phi) is 30.4. The molecule has 0 aliphatic carbocycles. The van der Waals surface area contributed by atoms with Crippen LogP contribution in [0.1, 0.15) is 41.4 Å². The number of hydrogen-bond donors (Lipinski definition) is 4. The number of phenolic OH excluding ortho intramolecular Hbond substituents is 4. The number of hydrogen-bond acceptors (Lipinski definition) is 31. The second-order valence-electron chi connectivity index (χ2n) is 28.1. The average Bonchev–Trinajstić information content (AvgIpc) is 0.802. The van der Waals surface area contributed by atoms with E-state index in [0.29, 0.717) is 159 Å². The molecule has 0 atom stereocenters. The lowest BCUT2D eigenvalue weighted by atomic mass is 10.1. The van der Waals surface area contributed by atoms with E-state index in [2.05, 4.69) is 69.7 Å². The van der Waals surface area contributed by atoms with Gasteiger partial charge in [0.25, 0.3) is 0 Å². The van der Waals surface area contributed by atoms with Gasteiger partial charge in [0.05, 0.1) is 112 Å². The highest BCUT2D eigenvalue weighted by molar-refractivity contribution is 7.94. The highest BCUT2D eigenvalue weighted by atomic mass is 32.2. The zero-order valence-corrected chi connectivity index (χ0v) is 72.8. The van der Waals surface area contributed by atoms with Crippen LogP contribution in [0.15, 0.2) is 331 Å². The predicted octanol–water partition coefficient (Wildman–Crippen LogP) is 20.2. The number of rotatable bonds is 24. The number of nitrogens with zero attached hydrogens (tertiary/aromatic N) is 13. The highest BCUT2D eigenvalue weighted by Gasteiger charge is 2.23. The number of aromatic nitrogens is 12. The lowest BCUT2D eigenvalue weighted by molar-refractivity contribution is -0.160. The second kappa shape index (κ2) is 44.2. The van der Waals surface area contributed by atoms with Crippen LogP contribution in [0.5, 0.6) is 40.2 Å². The van der Waals surface area contributed by atoms with E-state index in [9.17, 15) is 39.6 Å². The van der Waals surface area contributed by atoms with Crippen molar-refractivity contribution in [2.75, 3.05) is 49.8 Å². The molecule has 4 heterocycles. The van der Waals surface area contributed by atoms with Crippen molar-refractivity contribution in [3.05, 3.63) is 344 Å². The number of aromatic hydroxyl groups is 4. The Morgan fingerprint density at radius 1 is 0.271 bits per heavy atom. The molecule has 4 aromatic heterocycles. The van der Waals surface area contributed by atoms with Crippen LogP contribution in [0, 0.1) is 0 Å². The Balaban J connectivity index is 0.000000143. The average molecular weight is 1790 g/mol. The van der Waals surface area contributed by atoms with Crippen LogP contribution in [0.2, 0.25) is 0 Å². The molecule has 17 aromatic rings. The molecule has 0 saturated carbocycles. The van der Waals surface area contributed by atoms with E-state index in [0.717, 1.165) is 34.3 Å². The molecule has 0 unspecified atom stereocenters. The molecule has 0 spiro atoms. The first-order chi connectivity index (χ1) is 64.9. The first kappa shape index (κ1) is 91.5. The van der Waals surface area contributed by atoms with Crippen LogP contribution in [-0.2, 0) is 32.9 Å².